The Morgan fingerprint density at radius 1 is 0.789 bits per heavy atom. The molecule has 0 amide bonds. The number of hydrogen-bond acceptors (Lipinski definition) is 4. The van der Waals surface area contributed by atoms with Crippen LogP contribution >= 0.6 is 0 Å². The molecule has 0 aliphatic carbocycles. The van der Waals surface area contributed by atoms with Gasteiger partial charge in [-0.2, -0.15) is 18.6 Å². The molecule has 7 heteroatoms. The number of azo groups is 1. The fourth-order valence-corrected chi connectivity index (χ4v) is 1.77. The normalized spacial score (nSPS) is 11.2. The summed E-state index contributed by atoms with van der Waals surface area (Å²) < 4.78 is 30.5. The van der Waals surface area contributed by atoms with Crippen molar-refractivity contribution < 1.29 is 42.5 Å². The van der Waals surface area contributed by atoms with Crippen molar-refractivity contribution in [3.8, 4) is 0 Å². The van der Waals surface area contributed by atoms with E-state index >= 15 is 0 Å². The van der Waals surface area contributed by atoms with Crippen molar-refractivity contribution in [1.29, 1.82) is 0 Å². The second-order valence-corrected chi connectivity index (χ2v) is 4.93. The van der Waals surface area contributed by atoms with Gasteiger partial charge in [-0.25, -0.2) is 0 Å². The zero-order chi connectivity index (χ0) is 13.0. The Balaban J connectivity index is 0.00000180. The Kier molecular flexibility index (Phi) is 5.84. The van der Waals surface area contributed by atoms with Crippen molar-refractivity contribution in [3.63, 3.8) is 0 Å². The Hall–Kier alpha value is -1.05. The molecule has 2 rings (SSSR count). The second kappa shape index (κ2) is 6.93. The summed E-state index contributed by atoms with van der Waals surface area (Å²) >= 11 is 0. The third-order valence-electron chi connectivity index (χ3n) is 2.17. The Morgan fingerprint density at radius 2 is 1.26 bits per heavy atom. The van der Waals surface area contributed by atoms with E-state index in [1.165, 1.54) is 24.3 Å². The molecule has 0 spiro atoms. The van der Waals surface area contributed by atoms with Crippen LogP contribution in [0.15, 0.2) is 69.7 Å². The molecule has 5 nitrogen and oxygen atoms in total. The fraction of sp³-hybridized carbons (Fsp3) is 0. The van der Waals surface area contributed by atoms with Gasteiger partial charge in [0.1, 0.15) is 0 Å². The molecular weight excluding hydrogens is 275 g/mol. The first-order valence-corrected chi connectivity index (χ1v) is 6.54. The first-order chi connectivity index (χ1) is 8.55. The Labute approximate surface area is 133 Å². The standard InChI is InChI=1S/C12H10N2O3S.Na/c15-18(16,17)12-8-6-11(7-9-12)14-13-10-4-2-1-3-5-10;/h1-9H,(H,15,16,17);/q;+1. The predicted molar refractivity (Wildman–Crippen MR) is 66.9 cm³/mol. The molecule has 19 heavy (non-hydrogen) atoms. The molecule has 0 radical (unpaired) electrons. The number of benzene rings is 2. The second-order valence-electron chi connectivity index (χ2n) is 3.50. The van der Waals surface area contributed by atoms with E-state index in [0.29, 0.717) is 11.4 Å². The van der Waals surface area contributed by atoms with Crippen LogP contribution in [-0.2, 0) is 10.1 Å². The van der Waals surface area contributed by atoms with Gasteiger partial charge in [-0.3, -0.25) is 4.55 Å². The van der Waals surface area contributed by atoms with Crippen LogP contribution in [0.3, 0.4) is 0 Å². The molecule has 0 atom stereocenters. The largest absolute Gasteiger partial charge is 1.00 e. The molecular formula is C12H10N2NaO3S+. The van der Waals surface area contributed by atoms with E-state index in [9.17, 15) is 8.42 Å². The van der Waals surface area contributed by atoms with E-state index in [1.54, 1.807) is 12.1 Å². The molecule has 0 saturated heterocycles. The molecule has 2 aromatic carbocycles. The topological polar surface area (TPSA) is 79.1 Å². The van der Waals surface area contributed by atoms with Crippen LogP contribution in [0, 0.1) is 0 Å². The van der Waals surface area contributed by atoms with Gasteiger partial charge in [-0.05, 0) is 36.4 Å². The molecule has 0 heterocycles. The molecule has 92 valence electrons. The van der Waals surface area contributed by atoms with E-state index in [4.69, 9.17) is 4.55 Å². The van der Waals surface area contributed by atoms with Crippen molar-refractivity contribution in [2.45, 2.75) is 4.90 Å². The summed E-state index contributed by atoms with van der Waals surface area (Å²) in [5, 5.41) is 7.93. The van der Waals surface area contributed by atoms with E-state index < -0.39 is 10.1 Å². The van der Waals surface area contributed by atoms with Gasteiger partial charge in [0.15, 0.2) is 0 Å². The van der Waals surface area contributed by atoms with Crippen molar-refractivity contribution in [3.05, 3.63) is 54.6 Å². The first kappa shape index (κ1) is 16.0. The summed E-state index contributed by atoms with van der Waals surface area (Å²) in [6.45, 7) is 0. The Morgan fingerprint density at radius 3 is 1.74 bits per heavy atom. The van der Waals surface area contributed by atoms with Gasteiger partial charge in [-0.1, -0.05) is 18.2 Å². The average molecular weight is 285 g/mol. The molecule has 0 bridgehead atoms. The van der Waals surface area contributed by atoms with Gasteiger partial charge < -0.3 is 0 Å². The molecule has 0 aliphatic rings. The molecule has 1 N–H and O–H groups in total. The van der Waals surface area contributed by atoms with Crippen LogP contribution in [0.25, 0.3) is 0 Å². The summed E-state index contributed by atoms with van der Waals surface area (Å²) in [7, 11) is -4.16. The van der Waals surface area contributed by atoms with Gasteiger partial charge >= 0.3 is 29.6 Å². The third-order valence-corrected chi connectivity index (χ3v) is 3.04. The smallest absolute Gasteiger partial charge is 0.282 e. The minimum Gasteiger partial charge on any atom is -0.282 e. The zero-order valence-electron chi connectivity index (χ0n) is 10.3. The zero-order valence-corrected chi connectivity index (χ0v) is 13.1. The average Bonchev–Trinajstić information content (AvgIpc) is 2.37. The molecule has 0 saturated carbocycles. The van der Waals surface area contributed by atoms with Crippen LogP contribution in [0.4, 0.5) is 11.4 Å². The molecule has 0 aromatic heterocycles. The predicted octanol–water partition coefficient (Wildman–Crippen LogP) is 0.353. The van der Waals surface area contributed by atoms with Gasteiger partial charge in [0, 0.05) is 0 Å². The van der Waals surface area contributed by atoms with E-state index in [-0.39, 0.29) is 34.5 Å². The summed E-state index contributed by atoms with van der Waals surface area (Å²) in [5.41, 5.74) is 1.21. The molecule has 0 unspecified atom stereocenters. The van der Waals surface area contributed by atoms with Gasteiger partial charge in [0.25, 0.3) is 10.1 Å². The van der Waals surface area contributed by atoms with Crippen LogP contribution < -0.4 is 29.6 Å². The number of nitrogens with zero attached hydrogens (tertiary/aromatic N) is 2. The van der Waals surface area contributed by atoms with Crippen LogP contribution in [0.2, 0.25) is 0 Å². The van der Waals surface area contributed by atoms with Crippen LogP contribution in [0.5, 0.6) is 0 Å². The van der Waals surface area contributed by atoms with E-state index in [1.807, 2.05) is 18.2 Å². The molecule has 0 fully saturated rings. The summed E-state index contributed by atoms with van der Waals surface area (Å²) in [6, 6.07) is 14.6. The number of hydrogen-bond donors (Lipinski definition) is 1. The number of rotatable bonds is 3. The maximum Gasteiger partial charge on any atom is 1.00 e. The van der Waals surface area contributed by atoms with Crippen molar-refractivity contribution >= 4 is 21.5 Å². The summed E-state index contributed by atoms with van der Waals surface area (Å²) in [5.74, 6) is 0. The Bertz CT molecular complexity index is 655. The van der Waals surface area contributed by atoms with Crippen LogP contribution in [-0.4, -0.2) is 13.0 Å². The maximum absolute atomic E-state index is 10.8. The summed E-state index contributed by atoms with van der Waals surface area (Å²) in [4.78, 5) is -0.166. The minimum absolute atomic E-state index is 0. The first-order valence-electron chi connectivity index (χ1n) is 5.10. The van der Waals surface area contributed by atoms with Crippen molar-refractivity contribution in [2.24, 2.45) is 10.2 Å². The quantitative estimate of drug-likeness (QED) is 0.502. The summed E-state index contributed by atoms with van der Waals surface area (Å²) in [6.07, 6.45) is 0. The molecule has 2 aromatic rings. The van der Waals surface area contributed by atoms with Crippen molar-refractivity contribution in [2.75, 3.05) is 0 Å². The van der Waals surface area contributed by atoms with Gasteiger partial charge in [-0.15, -0.1) is 0 Å². The maximum atomic E-state index is 10.8. The fourth-order valence-electron chi connectivity index (χ4n) is 1.29. The minimum atomic E-state index is -4.16. The van der Waals surface area contributed by atoms with Crippen LogP contribution in [0.1, 0.15) is 0 Å². The van der Waals surface area contributed by atoms with Gasteiger partial charge in [0.2, 0.25) is 0 Å². The van der Waals surface area contributed by atoms with Crippen molar-refractivity contribution in [1.82, 2.24) is 0 Å². The molecule has 0 aliphatic heterocycles. The van der Waals surface area contributed by atoms with E-state index in [2.05, 4.69) is 10.2 Å². The van der Waals surface area contributed by atoms with E-state index in [0.717, 1.165) is 0 Å². The van der Waals surface area contributed by atoms with Gasteiger partial charge in [0.05, 0.1) is 16.3 Å². The SMILES string of the molecule is O=S(=O)(O)c1ccc(N=Nc2ccccc2)cc1.[Na+]. The third kappa shape index (κ3) is 4.85. The monoisotopic (exact) mass is 285 g/mol.